The molecule has 0 aliphatic rings. The minimum absolute atomic E-state index is 0.0546. The fourth-order valence-electron chi connectivity index (χ4n) is 4.11. The molecule has 0 spiro atoms. The fourth-order valence-corrected chi connectivity index (χ4v) is 5.32. The first-order chi connectivity index (χ1) is 17.9. The topological polar surface area (TPSA) is 96.2 Å². The summed E-state index contributed by atoms with van der Waals surface area (Å²) < 4.78 is 6.02. The maximum Gasteiger partial charge on any atom is 0.307 e. The van der Waals surface area contributed by atoms with E-state index in [9.17, 15) is 14.8 Å². The lowest BCUT2D eigenvalue weighted by Gasteiger charge is -2.18. The highest BCUT2D eigenvalue weighted by Gasteiger charge is 2.21. The molecule has 0 bridgehead atoms. The quantitative estimate of drug-likeness (QED) is 0.117. The van der Waals surface area contributed by atoms with Gasteiger partial charge in [-0.3, -0.25) is 4.79 Å². The van der Waals surface area contributed by atoms with Crippen LogP contribution in [0.2, 0.25) is 5.02 Å². The molecule has 0 aliphatic carbocycles. The number of halogens is 1. The van der Waals surface area contributed by atoms with Crippen LogP contribution in [-0.2, 0) is 24.1 Å². The zero-order valence-electron chi connectivity index (χ0n) is 20.9. The molecule has 0 aliphatic heterocycles. The van der Waals surface area contributed by atoms with Gasteiger partial charge in [-0.2, -0.15) is 4.91 Å². The van der Waals surface area contributed by atoms with E-state index >= 15 is 0 Å². The Bertz CT molecular complexity index is 1190. The van der Waals surface area contributed by atoms with Crippen molar-refractivity contribution in [1.29, 1.82) is 0 Å². The van der Waals surface area contributed by atoms with Gasteiger partial charge in [0.05, 0.1) is 18.1 Å². The molecule has 3 aromatic rings. The third kappa shape index (κ3) is 8.51. The molecule has 0 saturated heterocycles. The first-order valence-electron chi connectivity index (χ1n) is 12.4. The number of nitroso groups, excluding NO2 is 1. The van der Waals surface area contributed by atoms with Crippen LogP contribution in [0.3, 0.4) is 0 Å². The third-order valence-electron chi connectivity index (χ3n) is 5.96. The predicted molar refractivity (Wildman–Crippen MR) is 149 cm³/mol. The Hall–Kier alpha value is -3.03. The maximum atomic E-state index is 11.7. The van der Waals surface area contributed by atoms with E-state index in [2.05, 4.69) is 5.18 Å². The molecule has 0 saturated carbocycles. The van der Waals surface area contributed by atoms with Gasteiger partial charge >= 0.3 is 5.97 Å². The van der Waals surface area contributed by atoms with Gasteiger partial charge in [-0.1, -0.05) is 66.5 Å². The molecule has 0 amide bonds. The monoisotopic (exact) mass is 541 g/mol. The largest absolute Gasteiger partial charge is 0.507 e. The lowest BCUT2D eigenvalue weighted by molar-refractivity contribution is -0.136. The Kier molecular flexibility index (Phi) is 11.3. The molecule has 6 nitrogen and oxygen atoms in total. The average Bonchev–Trinajstić information content (AvgIpc) is 2.88. The molecule has 3 aromatic carbocycles. The van der Waals surface area contributed by atoms with Crippen LogP contribution in [0.15, 0.2) is 70.7 Å². The van der Waals surface area contributed by atoms with Crippen LogP contribution in [0.1, 0.15) is 54.5 Å². The van der Waals surface area contributed by atoms with Crippen LogP contribution >= 0.6 is 23.4 Å². The molecule has 0 aromatic heterocycles. The van der Waals surface area contributed by atoms with E-state index in [0.29, 0.717) is 53.3 Å². The maximum absolute atomic E-state index is 11.7. The Morgan fingerprint density at radius 3 is 2.54 bits per heavy atom. The van der Waals surface area contributed by atoms with Gasteiger partial charge in [-0.15, -0.1) is 11.8 Å². The van der Waals surface area contributed by atoms with Crippen LogP contribution in [-0.4, -0.2) is 28.5 Å². The van der Waals surface area contributed by atoms with Gasteiger partial charge in [0.15, 0.2) is 0 Å². The van der Waals surface area contributed by atoms with Gasteiger partial charge in [0.25, 0.3) is 0 Å². The Labute approximate surface area is 227 Å². The molecule has 0 fully saturated rings. The van der Waals surface area contributed by atoms with E-state index in [4.69, 9.17) is 21.4 Å². The SMILES string of the molecule is CCCc1c(OCCCSc2ccc(CC(=O)O)cc2Cl)ccc(C(CCc2ccccc2)N=O)c1O. The normalized spacial score (nSPS) is 11.7. The molecule has 196 valence electrons. The zero-order chi connectivity index (χ0) is 26.6. The van der Waals surface area contributed by atoms with Crippen molar-refractivity contribution in [3.8, 4) is 11.5 Å². The second kappa shape index (κ2) is 14.6. The summed E-state index contributed by atoms with van der Waals surface area (Å²) in [5.74, 6) is 0.596. The van der Waals surface area contributed by atoms with E-state index in [1.165, 1.54) is 0 Å². The van der Waals surface area contributed by atoms with E-state index < -0.39 is 12.0 Å². The number of carbonyl (C=O) groups is 1. The molecule has 0 radical (unpaired) electrons. The molecular weight excluding hydrogens is 510 g/mol. The average molecular weight is 542 g/mol. The molecular formula is C29H32ClNO5S. The number of rotatable bonds is 15. The number of phenols is 1. The number of phenolic OH excluding ortho intramolecular Hbond substituents is 1. The number of aryl methyl sites for hydroxylation is 1. The standard InChI is InChI=1S/C29H32ClNO5S/c1-2-7-23-26(36-16-6-17-37-27-15-11-21(18-24(27)30)19-28(32)33)14-12-22(29(23)34)25(31-35)13-10-20-8-4-3-5-9-20/h3-5,8-9,11-12,14-15,18,25,34H,2,6-7,10,13,16-17,19H2,1H3,(H,32,33). The van der Waals surface area contributed by atoms with Crippen molar-refractivity contribution in [3.63, 3.8) is 0 Å². The van der Waals surface area contributed by atoms with Crippen LogP contribution in [0.4, 0.5) is 0 Å². The van der Waals surface area contributed by atoms with Gasteiger partial charge in [0, 0.05) is 21.8 Å². The number of aromatic hydroxyl groups is 1. The van der Waals surface area contributed by atoms with Gasteiger partial charge in [0.2, 0.25) is 0 Å². The molecule has 37 heavy (non-hydrogen) atoms. The van der Waals surface area contributed by atoms with E-state index in [0.717, 1.165) is 29.1 Å². The van der Waals surface area contributed by atoms with Crippen molar-refractivity contribution in [2.45, 2.75) is 56.4 Å². The number of benzene rings is 3. The Morgan fingerprint density at radius 2 is 1.86 bits per heavy atom. The minimum atomic E-state index is -0.889. The van der Waals surface area contributed by atoms with Gasteiger partial charge < -0.3 is 14.9 Å². The zero-order valence-corrected chi connectivity index (χ0v) is 22.4. The summed E-state index contributed by atoms with van der Waals surface area (Å²) >= 11 is 7.89. The lowest BCUT2D eigenvalue weighted by atomic mass is 9.95. The van der Waals surface area contributed by atoms with Gasteiger partial charge in [-0.25, -0.2) is 0 Å². The summed E-state index contributed by atoms with van der Waals surface area (Å²) in [7, 11) is 0. The summed E-state index contributed by atoms with van der Waals surface area (Å²) in [6.07, 6.45) is 3.36. The third-order valence-corrected chi connectivity index (χ3v) is 7.55. The second-order valence-corrected chi connectivity index (χ2v) is 10.3. The fraction of sp³-hybridized carbons (Fsp3) is 0.345. The number of ether oxygens (including phenoxy) is 1. The highest BCUT2D eigenvalue weighted by atomic mass is 35.5. The number of aliphatic carboxylic acids is 1. The van der Waals surface area contributed by atoms with Crippen molar-refractivity contribution in [2.24, 2.45) is 5.18 Å². The molecule has 0 heterocycles. The van der Waals surface area contributed by atoms with Crippen LogP contribution < -0.4 is 4.74 Å². The summed E-state index contributed by atoms with van der Waals surface area (Å²) in [5, 5.41) is 23.8. The van der Waals surface area contributed by atoms with Crippen LogP contribution in [0.25, 0.3) is 0 Å². The van der Waals surface area contributed by atoms with Gasteiger partial charge in [-0.05, 0) is 61.1 Å². The number of thioether (sulfide) groups is 1. The number of carboxylic acids is 1. The first-order valence-corrected chi connectivity index (χ1v) is 13.8. The van der Waals surface area contributed by atoms with Crippen LogP contribution in [0.5, 0.6) is 11.5 Å². The van der Waals surface area contributed by atoms with E-state index in [1.54, 1.807) is 30.0 Å². The number of nitrogens with zero attached hydrogens (tertiary/aromatic N) is 1. The van der Waals surface area contributed by atoms with Crippen LogP contribution in [0, 0.1) is 4.91 Å². The first kappa shape index (κ1) is 28.5. The Balaban J connectivity index is 1.58. The highest BCUT2D eigenvalue weighted by Crippen LogP contribution is 2.38. The summed E-state index contributed by atoms with van der Waals surface area (Å²) in [6.45, 7) is 2.49. The molecule has 3 rings (SSSR count). The van der Waals surface area contributed by atoms with Crippen molar-refractivity contribution < 1.29 is 19.7 Å². The number of hydrogen-bond acceptors (Lipinski definition) is 6. The van der Waals surface area contributed by atoms with Crippen molar-refractivity contribution >= 4 is 29.3 Å². The van der Waals surface area contributed by atoms with Gasteiger partial charge in [0.1, 0.15) is 17.5 Å². The summed E-state index contributed by atoms with van der Waals surface area (Å²) in [4.78, 5) is 23.4. The molecule has 1 unspecified atom stereocenters. The Morgan fingerprint density at radius 1 is 1.08 bits per heavy atom. The van der Waals surface area contributed by atoms with Crippen molar-refractivity contribution in [2.75, 3.05) is 12.4 Å². The molecule has 1 atom stereocenters. The highest BCUT2D eigenvalue weighted by molar-refractivity contribution is 7.99. The minimum Gasteiger partial charge on any atom is -0.507 e. The number of carboxylic acid groups (broad SMARTS) is 1. The molecule has 2 N–H and O–H groups in total. The smallest absolute Gasteiger partial charge is 0.307 e. The predicted octanol–water partition coefficient (Wildman–Crippen LogP) is 7.63. The second-order valence-electron chi connectivity index (χ2n) is 8.76. The van der Waals surface area contributed by atoms with E-state index in [1.807, 2.05) is 49.4 Å². The van der Waals surface area contributed by atoms with Crippen molar-refractivity contribution in [3.05, 3.63) is 92.8 Å². The summed E-state index contributed by atoms with van der Waals surface area (Å²) in [5.41, 5.74) is 3.04. The number of hydrogen-bond donors (Lipinski definition) is 2. The molecule has 8 heteroatoms. The lowest BCUT2D eigenvalue weighted by Crippen LogP contribution is -2.05. The van der Waals surface area contributed by atoms with E-state index in [-0.39, 0.29) is 12.2 Å². The summed E-state index contributed by atoms with van der Waals surface area (Å²) in [6, 6.07) is 18.2. The van der Waals surface area contributed by atoms with Crippen molar-refractivity contribution in [1.82, 2.24) is 0 Å².